The first-order chi connectivity index (χ1) is 17.4. The molecule has 0 aliphatic carbocycles. The van der Waals surface area contributed by atoms with Gasteiger partial charge >= 0.3 is 0 Å². The standard InChI is InChI=1S/C30H31NO5/c1-20-8-10-23(11-9-20)27-26(29(33)30(34)31(27)16-5-17-35-3)28(32)24-12-14-25(15-13-24)36-19-22-7-4-6-21(2)18-22/h4,6-15,18,27,32H,5,16-17,19H2,1-3H3/b28-26-. The Kier molecular flexibility index (Phi) is 7.86. The first kappa shape index (κ1) is 25.2. The lowest BCUT2D eigenvalue weighted by atomic mass is 9.94. The minimum atomic E-state index is -0.685. The number of ether oxygens (including phenoxy) is 2. The maximum absolute atomic E-state index is 13.1. The second-order valence-corrected chi connectivity index (χ2v) is 9.05. The lowest BCUT2D eigenvalue weighted by Crippen LogP contribution is -2.31. The van der Waals surface area contributed by atoms with E-state index in [1.54, 1.807) is 31.4 Å². The van der Waals surface area contributed by atoms with Crippen molar-refractivity contribution in [1.82, 2.24) is 4.90 Å². The molecular weight excluding hydrogens is 454 g/mol. The van der Waals surface area contributed by atoms with Crippen LogP contribution in [0.3, 0.4) is 0 Å². The van der Waals surface area contributed by atoms with Crippen LogP contribution in [0.2, 0.25) is 0 Å². The number of aliphatic hydroxyl groups excluding tert-OH is 1. The quantitative estimate of drug-likeness (QED) is 0.192. The van der Waals surface area contributed by atoms with Crippen molar-refractivity contribution in [3.63, 3.8) is 0 Å². The summed E-state index contributed by atoms with van der Waals surface area (Å²) in [5.41, 5.74) is 4.61. The fraction of sp³-hybridized carbons (Fsp3) is 0.267. The Morgan fingerprint density at radius 3 is 2.33 bits per heavy atom. The van der Waals surface area contributed by atoms with E-state index in [4.69, 9.17) is 9.47 Å². The number of benzene rings is 3. The number of carbonyl (C=O) groups is 2. The summed E-state index contributed by atoms with van der Waals surface area (Å²) in [5.74, 6) is -0.854. The predicted octanol–water partition coefficient (Wildman–Crippen LogP) is 5.34. The van der Waals surface area contributed by atoms with Crippen LogP contribution in [0.25, 0.3) is 5.76 Å². The Morgan fingerprint density at radius 1 is 0.944 bits per heavy atom. The van der Waals surface area contributed by atoms with E-state index in [1.165, 1.54) is 4.90 Å². The Hall–Kier alpha value is -3.90. The van der Waals surface area contributed by atoms with E-state index in [2.05, 4.69) is 6.07 Å². The van der Waals surface area contributed by atoms with Crippen molar-refractivity contribution in [1.29, 1.82) is 0 Å². The minimum absolute atomic E-state index is 0.0923. The van der Waals surface area contributed by atoms with E-state index in [0.29, 0.717) is 37.5 Å². The fourth-order valence-corrected chi connectivity index (χ4v) is 4.42. The van der Waals surface area contributed by atoms with Gasteiger partial charge in [-0.1, -0.05) is 59.7 Å². The van der Waals surface area contributed by atoms with E-state index in [1.807, 2.05) is 56.3 Å². The summed E-state index contributed by atoms with van der Waals surface area (Å²) in [4.78, 5) is 27.6. The molecule has 1 atom stereocenters. The van der Waals surface area contributed by atoms with Crippen LogP contribution in [-0.4, -0.2) is 42.0 Å². The molecule has 1 N–H and O–H groups in total. The van der Waals surface area contributed by atoms with Gasteiger partial charge in [0.1, 0.15) is 18.1 Å². The monoisotopic (exact) mass is 485 g/mol. The number of hydrogen-bond donors (Lipinski definition) is 1. The molecule has 0 aromatic heterocycles. The van der Waals surface area contributed by atoms with Crippen molar-refractivity contribution in [2.45, 2.75) is 32.9 Å². The summed E-state index contributed by atoms with van der Waals surface area (Å²) in [5, 5.41) is 11.2. The van der Waals surface area contributed by atoms with Crippen LogP contribution in [0, 0.1) is 13.8 Å². The summed E-state index contributed by atoms with van der Waals surface area (Å²) < 4.78 is 11.0. The maximum atomic E-state index is 13.1. The average Bonchev–Trinajstić information content (AvgIpc) is 3.13. The zero-order chi connectivity index (χ0) is 25.7. The van der Waals surface area contributed by atoms with Crippen LogP contribution in [0.4, 0.5) is 0 Å². The smallest absolute Gasteiger partial charge is 0.295 e. The highest BCUT2D eigenvalue weighted by Gasteiger charge is 2.45. The Bertz CT molecular complexity index is 1260. The normalized spacial score (nSPS) is 17.0. The number of methoxy groups -OCH3 is 1. The number of Topliss-reactive ketones (excluding diaryl/α,β-unsaturated/α-hetero) is 1. The molecule has 1 unspecified atom stereocenters. The number of aryl methyl sites for hydroxylation is 2. The average molecular weight is 486 g/mol. The molecule has 1 amide bonds. The predicted molar refractivity (Wildman–Crippen MR) is 139 cm³/mol. The summed E-state index contributed by atoms with van der Waals surface area (Å²) in [6, 6.07) is 22.0. The molecule has 36 heavy (non-hydrogen) atoms. The molecule has 0 saturated carbocycles. The molecule has 0 radical (unpaired) electrons. The van der Waals surface area contributed by atoms with Gasteiger partial charge < -0.3 is 19.5 Å². The number of likely N-dealkylation sites (tertiary alicyclic amines) is 1. The van der Waals surface area contributed by atoms with Crippen molar-refractivity contribution in [3.05, 3.63) is 106 Å². The second kappa shape index (κ2) is 11.2. The molecule has 186 valence electrons. The molecule has 1 saturated heterocycles. The summed E-state index contributed by atoms with van der Waals surface area (Å²) in [7, 11) is 1.60. The minimum Gasteiger partial charge on any atom is -0.507 e. The first-order valence-electron chi connectivity index (χ1n) is 12.0. The van der Waals surface area contributed by atoms with Gasteiger partial charge in [0.25, 0.3) is 11.7 Å². The molecule has 3 aromatic carbocycles. The molecular formula is C30H31NO5. The number of carbonyl (C=O) groups excluding carboxylic acids is 2. The van der Waals surface area contributed by atoms with Gasteiger partial charge in [-0.2, -0.15) is 0 Å². The Labute approximate surface area is 211 Å². The number of nitrogens with zero attached hydrogens (tertiary/aromatic N) is 1. The molecule has 0 spiro atoms. The molecule has 1 aliphatic rings. The van der Waals surface area contributed by atoms with E-state index in [-0.39, 0.29) is 11.3 Å². The molecule has 3 aromatic rings. The van der Waals surface area contributed by atoms with Gasteiger partial charge in [0.2, 0.25) is 0 Å². The fourth-order valence-electron chi connectivity index (χ4n) is 4.42. The second-order valence-electron chi connectivity index (χ2n) is 9.05. The van der Waals surface area contributed by atoms with Gasteiger partial charge in [-0.05, 0) is 55.7 Å². The Morgan fingerprint density at radius 2 is 1.67 bits per heavy atom. The largest absolute Gasteiger partial charge is 0.507 e. The molecule has 1 fully saturated rings. The van der Waals surface area contributed by atoms with Crippen molar-refractivity contribution in [2.75, 3.05) is 20.3 Å². The van der Waals surface area contributed by atoms with Crippen LogP contribution in [0.5, 0.6) is 5.75 Å². The number of amides is 1. The lowest BCUT2D eigenvalue weighted by molar-refractivity contribution is -0.140. The van der Waals surface area contributed by atoms with Gasteiger partial charge in [0.05, 0.1) is 11.6 Å². The Balaban J connectivity index is 1.62. The highest BCUT2D eigenvalue weighted by atomic mass is 16.5. The van der Waals surface area contributed by atoms with Crippen molar-refractivity contribution in [3.8, 4) is 5.75 Å². The number of aliphatic hydroxyl groups is 1. The first-order valence-corrected chi connectivity index (χ1v) is 12.0. The van der Waals surface area contributed by atoms with Crippen molar-refractivity contribution >= 4 is 17.4 Å². The van der Waals surface area contributed by atoms with Crippen LogP contribution in [0.1, 0.15) is 40.3 Å². The molecule has 1 heterocycles. The SMILES string of the molecule is COCCCN1C(=O)C(=O)/C(=C(\O)c2ccc(OCc3cccc(C)c3)cc2)C1c1ccc(C)cc1. The zero-order valence-electron chi connectivity index (χ0n) is 20.9. The van der Waals surface area contributed by atoms with Crippen molar-refractivity contribution in [2.24, 2.45) is 0 Å². The van der Waals surface area contributed by atoms with Crippen LogP contribution in [0.15, 0.2) is 78.4 Å². The van der Waals surface area contributed by atoms with Gasteiger partial charge in [-0.15, -0.1) is 0 Å². The highest BCUT2D eigenvalue weighted by Crippen LogP contribution is 2.39. The summed E-state index contributed by atoms with van der Waals surface area (Å²) in [6.45, 7) is 5.24. The third-order valence-electron chi connectivity index (χ3n) is 6.30. The summed E-state index contributed by atoms with van der Waals surface area (Å²) >= 11 is 0. The summed E-state index contributed by atoms with van der Waals surface area (Å²) in [6.07, 6.45) is 0.582. The molecule has 1 aliphatic heterocycles. The number of rotatable bonds is 9. The van der Waals surface area contributed by atoms with Crippen molar-refractivity contribution < 1.29 is 24.2 Å². The van der Waals surface area contributed by atoms with E-state index < -0.39 is 17.7 Å². The zero-order valence-corrected chi connectivity index (χ0v) is 20.9. The molecule has 6 nitrogen and oxygen atoms in total. The number of ketones is 1. The van der Waals surface area contributed by atoms with Gasteiger partial charge in [-0.25, -0.2) is 0 Å². The van der Waals surface area contributed by atoms with Gasteiger partial charge in [-0.3, -0.25) is 9.59 Å². The van der Waals surface area contributed by atoms with Crippen LogP contribution < -0.4 is 4.74 Å². The van der Waals surface area contributed by atoms with Gasteiger partial charge in [0.15, 0.2) is 0 Å². The molecule has 0 bridgehead atoms. The number of hydrogen-bond acceptors (Lipinski definition) is 5. The van der Waals surface area contributed by atoms with Gasteiger partial charge in [0, 0.05) is 25.8 Å². The van der Waals surface area contributed by atoms with E-state index in [0.717, 1.165) is 22.3 Å². The maximum Gasteiger partial charge on any atom is 0.295 e. The topological polar surface area (TPSA) is 76.1 Å². The van der Waals surface area contributed by atoms with E-state index >= 15 is 0 Å². The third kappa shape index (κ3) is 5.50. The highest BCUT2D eigenvalue weighted by molar-refractivity contribution is 6.46. The van der Waals surface area contributed by atoms with E-state index in [9.17, 15) is 14.7 Å². The molecule has 6 heteroatoms. The van der Waals surface area contributed by atoms with Crippen LogP contribution >= 0.6 is 0 Å². The van der Waals surface area contributed by atoms with Crippen LogP contribution in [-0.2, 0) is 20.9 Å². The lowest BCUT2D eigenvalue weighted by Gasteiger charge is -2.25. The molecule has 4 rings (SSSR count). The third-order valence-corrected chi connectivity index (χ3v) is 6.30.